The molecule has 41 heavy (non-hydrogen) atoms. The first-order valence-corrected chi connectivity index (χ1v) is 18.9. The molecule has 0 amide bonds. The zero-order valence-electron chi connectivity index (χ0n) is 25.5. The Hall–Kier alpha value is -1.50. The van der Waals surface area contributed by atoms with Crippen molar-refractivity contribution in [3.05, 3.63) is 60.7 Å². The summed E-state index contributed by atoms with van der Waals surface area (Å²) in [5.41, 5.74) is 0. The average molecular weight is 579 g/mol. The van der Waals surface area contributed by atoms with Gasteiger partial charge < -0.3 is 8.85 Å². The lowest BCUT2D eigenvalue weighted by atomic mass is 9.97. The third kappa shape index (κ3) is 8.54. The van der Waals surface area contributed by atoms with Crippen molar-refractivity contribution in [3.8, 4) is 0 Å². The number of rotatable bonds is 2. The van der Waals surface area contributed by atoms with Crippen LogP contribution in [-0.2, 0) is 18.6 Å². The summed E-state index contributed by atoms with van der Waals surface area (Å²) < 4.78 is 15.1. The Bertz CT molecular complexity index is 892. The van der Waals surface area contributed by atoms with Crippen LogP contribution in [0.1, 0.15) is 141 Å². The van der Waals surface area contributed by atoms with Gasteiger partial charge in [-0.25, -0.2) is 0 Å². The Morgan fingerprint density at radius 3 is 0.927 bits per heavy atom. The minimum Gasteiger partial charge on any atom is -0.356 e. The molecule has 0 atom stereocenters. The molecule has 0 radical (unpaired) electrons. The largest absolute Gasteiger partial charge is 0.411 e. The van der Waals surface area contributed by atoms with Crippen molar-refractivity contribution in [1.29, 1.82) is 0 Å². The molecule has 5 rings (SSSR count). The van der Waals surface area contributed by atoms with Crippen molar-refractivity contribution >= 4 is 18.9 Å². The quantitative estimate of drug-likeness (QED) is 0.263. The van der Waals surface area contributed by atoms with E-state index >= 15 is 0 Å². The highest BCUT2D eigenvalue weighted by molar-refractivity contribution is 6.92. The molecule has 2 saturated carbocycles. The molecule has 226 valence electrons. The van der Waals surface area contributed by atoms with Crippen LogP contribution in [0.5, 0.6) is 0 Å². The lowest BCUT2D eigenvalue weighted by molar-refractivity contribution is -0.472. The molecule has 2 aromatic carbocycles. The molecule has 5 heteroatoms. The van der Waals surface area contributed by atoms with Crippen LogP contribution in [0.3, 0.4) is 0 Å². The zero-order valence-corrected chi connectivity index (χ0v) is 26.5. The van der Waals surface area contributed by atoms with Crippen LogP contribution in [0, 0.1) is 0 Å². The van der Waals surface area contributed by atoms with E-state index in [0.717, 1.165) is 61.7 Å². The van der Waals surface area contributed by atoms with Crippen LogP contribution in [0.4, 0.5) is 0 Å². The van der Waals surface area contributed by atoms with E-state index in [1.54, 1.807) is 0 Å². The third-order valence-corrected chi connectivity index (χ3v) is 13.0. The second-order valence-electron chi connectivity index (χ2n) is 12.9. The highest BCUT2D eigenvalue weighted by Crippen LogP contribution is 2.42. The van der Waals surface area contributed by atoms with Crippen LogP contribution in [-0.4, -0.2) is 20.1 Å². The number of hydrogen-bond acceptors (Lipinski definition) is 4. The van der Waals surface area contributed by atoms with E-state index in [1.165, 1.54) is 89.9 Å². The number of hydrogen-bond donors (Lipinski definition) is 0. The normalized spacial score (nSPS) is 25.1. The first-order chi connectivity index (χ1) is 20.2. The molecule has 1 aliphatic heterocycles. The van der Waals surface area contributed by atoms with E-state index in [2.05, 4.69) is 60.7 Å². The van der Waals surface area contributed by atoms with Crippen molar-refractivity contribution in [2.75, 3.05) is 0 Å². The summed E-state index contributed by atoms with van der Waals surface area (Å²) in [6, 6.07) is 21.6. The van der Waals surface area contributed by atoms with Crippen LogP contribution < -0.4 is 10.4 Å². The summed E-state index contributed by atoms with van der Waals surface area (Å²) in [4.78, 5) is 13.5. The van der Waals surface area contributed by atoms with Crippen molar-refractivity contribution in [2.45, 2.75) is 153 Å². The Morgan fingerprint density at radius 2 is 0.634 bits per heavy atom. The van der Waals surface area contributed by atoms with Crippen molar-refractivity contribution in [1.82, 2.24) is 0 Å². The maximum absolute atomic E-state index is 7.57. The summed E-state index contributed by atoms with van der Waals surface area (Å²) in [5, 5.41) is 2.30. The summed E-state index contributed by atoms with van der Waals surface area (Å²) in [6.45, 7) is 0. The van der Waals surface area contributed by atoms with Crippen LogP contribution in [0.25, 0.3) is 0 Å². The predicted molar refractivity (Wildman–Crippen MR) is 169 cm³/mol. The Labute approximate surface area is 250 Å². The number of benzene rings is 2. The minimum absolute atomic E-state index is 0.801. The second kappa shape index (κ2) is 15.8. The highest BCUT2D eigenvalue weighted by Gasteiger charge is 2.58. The van der Waals surface area contributed by atoms with E-state index in [4.69, 9.17) is 18.6 Å². The maximum Gasteiger partial charge on any atom is 0.411 e. The van der Waals surface area contributed by atoms with Gasteiger partial charge >= 0.3 is 8.56 Å². The summed E-state index contributed by atoms with van der Waals surface area (Å²) in [7, 11) is -3.24. The highest BCUT2D eigenvalue weighted by atomic mass is 28.4. The molecule has 3 fully saturated rings. The fourth-order valence-electron chi connectivity index (χ4n) is 7.12. The summed E-state index contributed by atoms with van der Waals surface area (Å²) in [6.07, 6.45) is 25.8. The molecule has 0 bridgehead atoms. The molecular formula is C36H54O4Si. The molecule has 3 aliphatic rings. The first-order valence-electron chi connectivity index (χ1n) is 17.1. The molecule has 1 heterocycles. The molecule has 0 unspecified atom stereocenters. The van der Waals surface area contributed by atoms with Gasteiger partial charge in [-0.2, -0.15) is 9.78 Å². The zero-order chi connectivity index (χ0) is 28.1. The van der Waals surface area contributed by atoms with Gasteiger partial charge in [0.2, 0.25) is 0 Å². The van der Waals surface area contributed by atoms with Gasteiger partial charge in [-0.3, -0.25) is 0 Å². The molecule has 2 aliphatic carbocycles. The van der Waals surface area contributed by atoms with Gasteiger partial charge in [0, 0.05) is 25.7 Å². The summed E-state index contributed by atoms with van der Waals surface area (Å²) >= 11 is 0. The fraction of sp³-hybridized carbons (Fsp3) is 0.667. The maximum atomic E-state index is 7.57. The molecule has 4 nitrogen and oxygen atoms in total. The monoisotopic (exact) mass is 578 g/mol. The third-order valence-electron chi connectivity index (χ3n) is 9.54. The summed E-state index contributed by atoms with van der Waals surface area (Å²) in [5.74, 6) is -1.60. The fourth-order valence-corrected chi connectivity index (χ4v) is 10.8. The molecule has 0 aromatic heterocycles. The first kappa shape index (κ1) is 30.9. The average Bonchev–Trinajstić information content (AvgIpc) is 3.14. The lowest BCUT2D eigenvalue weighted by Gasteiger charge is -2.40. The van der Waals surface area contributed by atoms with Crippen LogP contribution in [0.2, 0.25) is 0 Å². The topological polar surface area (TPSA) is 36.9 Å². The Balaban J connectivity index is 1.57. The molecule has 2 spiro atoms. The molecule has 0 N–H and O–H groups in total. The second-order valence-corrected chi connectivity index (χ2v) is 15.7. The van der Waals surface area contributed by atoms with Crippen molar-refractivity contribution < 1.29 is 18.6 Å². The van der Waals surface area contributed by atoms with Gasteiger partial charge in [-0.1, -0.05) is 151 Å². The molecular weight excluding hydrogens is 524 g/mol. The molecule has 1 saturated heterocycles. The van der Waals surface area contributed by atoms with E-state index in [9.17, 15) is 0 Å². The van der Waals surface area contributed by atoms with Gasteiger partial charge in [0.25, 0.3) is 0 Å². The van der Waals surface area contributed by atoms with E-state index in [1.807, 2.05) is 0 Å². The van der Waals surface area contributed by atoms with Crippen LogP contribution >= 0.6 is 0 Å². The predicted octanol–water partition coefficient (Wildman–Crippen LogP) is 9.24. The SMILES string of the molecule is c1ccc([Si]2(c3ccccc3)OC3(CCCCCCCCCCC3)OOC3(CCCCCCCCCCC3)O2)cc1. The standard InChI is InChI=1S/C36H54O4Si/c1-3-7-11-21-29-35(30-22-12-8-4-1)37-38-36(31-23-13-9-5-2-6-10-14-24-32-36)40-41(39-35,33-25-17-15-18-26-33)34-27-19-16-20-28-34/h15-20,25-28H,1-14,21-24,29-32H2. The van der Waals surface area contributed by atoms with Gasteiger partial charge in [-0.05, 0) is 36.1 Å². The molecule has 2 aromatic rings. The van der Waals surface area contributed by atoms with E-state index in [0.29, 0.717) is 0 Å². The van der Waals surface area contributed by atoms with Crippen LogP contribution in [0.15, 0.2) is 60.7 Å². The van der Waals surface area contributed by atoms with E-state index < -0.39 is 20.1 Å². The lowest BCUT2D eigenvalue weighted by Crippen LogP contribution is -2.68. The van der Waals surface area contributed by atoms with Crippen molar-refractivity contribution in [2.24, 2.45) is 0 Å². The smallest absolute Gasteiger partial charge is 0.356 e. The van der Waals surface area contributed by atoms with Gasteiger partial charge in [0.1, 0.15) is 0 Å². The van der Waals surface area contributed by atoms with Gasteiger partial charge in [-0.15, -0.1) is 0 Å². The van der Waals surface area contributed by atoms with E-state index in [-0.39, 0.29) is 0 Å². The van der Waals surface area contributed by atoms with Gasteiger partial charge in [0.15, 0.2) is 11.6 Å². The Morgan fingerprint density at radius 1 is 0.366 bits per heavy atom. The minimum atomic E-state index is -3.24. The van der Waals surface area contributed by atoms with Crippen molar-refractivity contribution in [3.63, 3.8) is 0 Å². The Kier molecular flexibility index (Phi) is 11.9. The van der Waals surface area contributed by atoms with Gasteiger partial charge in [0.05, 0.1) is 0 Å².